The Morgan fingerprint density at radius 3 is 1.77 bits per heavy atom. The third kappa shape index (κ3) is 2.55. The summed E-state index contributed by atoms with van der Waals surface area (Å²) >= 11 is 0. The summed E-state index contributed by atoms with van der Waals surface area (Å²) in [7, 11) is 0. The molecule has 0 atom stereocenters. The minimum Gasteiger partial charge on any atom is -0.369 e. The highest BCUT2D eigenvalue weighted by molar-refractivity contribution is 5.78. The molecule has 0 spiro atoms. The molecule has 0 radical (unpaired) electrons. The first-order valence-electron chi connectivity index (χ1n) is 3.54. The van der Waals surface area contributed by atoms with Gasteiger partial charge in [0.1, 0.15) is 0 Å². The minimum absolute atomic E-state index is 0.0425. The van der Waals surface area contributed by atoms with Gasteiger partial charge in [0.25, 0.3) is 0 Å². The van der Waals surface area contributed by atoms with Gasteiger partial charge in [-0.3, -0.25) is 9.59 Å². The van der Waals surface area contributed by atoms with Crippen LogP contribution in [0, 0.1) is 0 Å². The number of aromatic nitrogens is 3. The molecule has 0 aliphatic heterocycles. The molecule has 13 heavy (non-hydrogen) atoms. The Bertz CT molecular complexity index is 301. The monoisotopic (exact) mass is 183 g/mol. The van der Waals surface area contributed by atoms with Gasteiger partial charge in [-0.2, -0.15) is 15.4 Å². The van der Waals surface area contributed by atoms with Crippen LogP contribution in [0.4, 0.5) is 0 Å². The summed E-state index contributed by atoms with van der Waals surface area (Å²) in [5, 5.41) is 9.62. The molecule has 70 valence electrons. The molecule has 0 aromatic carbocycles. The first-order valence-corrected chi connectivity index (χ1v) is 3.54. The summed E-state index contributed by atoms with van der Waals surface area (Å²) < 4.78 is 0. The van der Waals surface area contributed by atoms with Gasteiger partial charge < -0.3 is 11.5 Å². The number of nitrogens with two attached hydrogens (primary N) is 2. The van der Waals surface area contributed by atoms with Crippen LogP contribution in [0.15, 0.2) is 0 Å². The highest BCUT2D eigenvalue weighted by Crippen LogP contribution is 2.01. The van der Waals surface area contributed by atoms with E-state index in [0.29, 0.717) is 11.4 Å². The Hall–Kier alpha value is -1.92. The van der Waals surface area contributed by atoms with Gasteiger partial charge >= 0.3 is 0 Å². The molecular weight excluding hydrogens is 174 g/mol. The number of nitrogens with zero attached hydrogens (tertiary/aromatic N) is 2. The predicted molar refractivity (Wildman–Crippen MR) is 42.2 cm³/mol. The standard InChI is InChI=1S/C6H9N5O2/c7-5(12)1-3-4(2-6(8)13)10-11-9-3/h1-2H2,(H2,7,12)(H2,8,13)(H,9,10,11). The normalized spacial score (nSPS) is 9.85. The van der Waals surface area contributed by atoms with Crippen LogP contribution in [-0.4, -0.2) is 27.2 Å². The number of nitrogens with one attached hydrogen (secondary N) is 1. The smallest absolute Gasteiger partial charge is 0.223 e. The third-order valence-electron chi connectivity index (χ3n) is 1.39. The Balaban J connectivity index is 2.76. The van der Waals surface area contributed by atoms with Crippen molar-refractivity contribution in [2.45, 2.75) is 12.8 Å². The number of amides is 2. The molecule has 5 N–H and O–H groups in total. The molecule has 0 saturated carbocycles. The second-order valence-electron chi connectivity index (χ2n) is 2.50. The first-order chi connectivity index (χ1) is 6.09. The number of hydrogen-bond donors (Lipinski definition) is 3. The fraction of sp³-hybridized carbons (Fsp3) is 0.333. The zero-order chi connectivity index (χ0) is 9.84. The number of carbonyl (C=O) groups excluding carboxylic acids is 2. The van der Waals surface area contributed by atoms with Crippen LogP contribution in [-0.2, 0) is 22.4 Å². The van der Waals surface area contributed by atoms with Crippen molar-refractivity contribution in [3.05, 3.63) is 11.4 Å². The molecule has 0 aliphatic rings. The van der Waals surface area contributed by atoms with Gasteiger partial charge in [0.15, 0.2) is 0 Å². The molecule has 0 fully saturated rings. The number of rotatable bonds is 4. The van der Waals surface area contributed by atoms with Crippen molar-refractivity contribution in [2.24, 2.45) is 11.5 Å². The van der Waals surface area contributed by atoms with Crippen LogP contribution < -0.4 is 11.5 Å². The molecule has 1 aromatic rings. The van der Waals surface area contributed by atoms with Crippen molar-refractivity contribution in [3.63, 3.8) is 0 Å². The lowest BCUT2D eigenvalue weighted by molar-refractivity contribution is -0.118. The Kier molecular flexibility index (Phi) is 2.58. The van der Waals surface area contributed by atoms with Crippen molar-refractivity contribution < 1.29 is 9.59 Å². The van der Waals surface area contributed by atoms with Gasteiger partial charge in [0.2, 0.25) is 11.8 Å². The van der Waals surface area contributed by atoms with Gasteiger partial charge in [-0.1, -0.05) is 0 Å². The number of hydrogen-bond acceptors (Lipinski definition) is 4. The van der Waals surface area contributed by atoms with E-state index in [-0.39, 0.29) is 12.8 Å². The highest BCUT2D eigenvalue weighted by atomic mass is 16.1. The lowest BCUT2D eigenvalue weighted by Crippen LogP contribution is -2.18. The number of H-pyrrole nitrogens is 1. The second kappa shape index (κ2) is 3.65. The third-order valence-corrected chi connectivity index (χ3v) is 1.39. The van der Waals surface area contributed by atoms with Crippen molar-refractivity contribution in [3.8, 4) is 0 Å². The molecule has 0 unspecified atom stereocenters. The van der Waals surface area contributed by atoms with E-state index in [1.54, 1.807) is 0 Å². The molecule has 1 aromatic heterocycles. The average molecular weight is 183 g/mol. The molecule has 1 rings (SSSR count). The van der Waals surface area contributed by atoms with Gasteiger partial charge in [0.05, 0.1) is 24.2 Å². The van der Waals surface area contributed by atoms with Crippen molar-refractivity contribution in [1.29, 1.82) is 0 Å². The van der Waals surface area contributed by atoms with Crippen molar-refractivity contribution >= 4 is 11.8 Å². The van der Waals surface area contributed by atoms with Crippen LogP contribution in [0.1, 0.15) is 11.4 Å². The lowest BCUT2D eigenvalue weighted by atomic mass is 10.2. The molecule has 0 saturated heterocycles. The van der Waals surface area contributed by atoms with E-state index in [0.717, 1.165) is 0 Å². The molecular formula is C6H9N5O2. The van der Waals surface area contributed by atoms with Crippen LogP contribution in [0.25, 0.3) is 0 Å². The maximum Gasteiger partial charge on any atom is 0.223 e. The largest absolute Gasteiger partial charge is 0.369 e. The van der Waals surface area contributed by atoms with Gasteiger partial charge in [-0.15, -0.1) is 0 Å². The van der Waals surface area contributed by atoms with Gasteiger partial charge in [-0.05, 0) is 0 Å². The van der Waals surface area contributed by atoms with E-state index in [4.69, 9.17) is 11.5 Å². The molecule has 0 aliphatic carbocycles. The highest BCUT2D eigenvalue weighted by Gasteiger charge is 2.11. The van der Waals surface area contributed by atoms with Crippen LogP contribution in [0.3, 0.4) is 0 Å². The Morgan fingerprint density at radius 1 is 1.08 bits per heavy atom. The number of carbonyl (C=O) groups is 2. The van der Waals surface area contributed by atoms with E-state index in [1.807, 2.05) is 0 Å². The maximum absolute atomic E-state index is 10.5. The Morgan fingerprint density at radius 2 is 1.46 bits per heavy atom. The summed E-state index contributed by atoms with van der Waals surface area (Å²) in [5.74, 6) is -1.06. The Labute approximate surface area is 73.5 Å². The first kappa shape index (κ1) is 9.17. The van der Waals surface area contributed by atoms with E-state index in [9.17, 15) is 9.59 Å². The maximum atomic E-state index is 10.5. The van der Waals surface area contributed by atoms with Crippen LogP contribution >= 0.6 is 0 Å². The van der Waals surface area contributed by atoms with Crippen LogP contribution in [0.5, 0.6) is 0 Å². The van der Waals surface area contributed by atoms with E-state index in [2.05, 4.69) is 15.4 Å². The van der Waals surface area contributed by atoms with Gasteiger partial charge in [0, 0.05) is 0 Å². The van der Waals surface area contributed by atoms with E-state index >= 15 is 0 Å². The topological polar surface area (TPSA) is 128 Å². The molecule has 1 heterocycles. The molecule has 7 heteroatoms. The molecule has 2 amide bonds. The lowest BCUT2D eigenvalue weighted by Gasteiger charge is -1.94. The fourth-order valence-corrected chi connectivity index (χ4v) is 0.888. The second-order valence-corrected chi connectivity index (χ2v) is 2.50. The molecule has 7 nitrogen and oxygen atoms in total. The van der Waals surface area contributed by atoms with E-state index in [1.165, 1.54) is 0 Å². The zero-order valence-corrected chi connectivity index (χ0v) is 6.78. The van der Waals surface area contributed by atoms with E-state index < -0.39 is 11.8 Å². The minimum atomic E-state index is -0.528. The number of primary amides is 2. The summed E-state index contributed by atoms with van der Waals surface area (Å²) in [6.45, 7) is 0. The van der Waals surface area contributed by atoms with Gasteiger partial charge in [-0.25, -0.2) is 0 Å². The number of aromatic amines is 1. The fourth-order valence-electron chi connectivity index (χ4n) is 0.888. The quantitative estimate of drug-likeness (QED) is 0.492. The van der Waals surface area contributed by atoms with Crippen LogP contribution in [0.2, 0.25) is 0 Å². The molecule has 0 bridgehead atoms. The summed E-state index contributed by atoms with van der Waals surface area (Å²) in [6, 6.07) is 0. The summed E-state index contributed by atoms with van der Waals surface area (Å²) in [5.41, 5.74) is 10.6. The SMILES string of the molecule is NC(=O)Cc1n[nH]nc1CC(N)=O. The van der Waals surface area contributed by atoms with Crippen molar-refractivity contribution in [1.82, 2.24) is 15.4 Å². The summed E-state index contributed by atoms with van der Waals surface area (Å²) in [6.07, 6.45) is -0.0851. The predicted octanol–water partition coefficient (Wildman–Crippen LogP) is -2.14. The summed E-state index contributed by atoms with van der Waals surface area (Å²) in [4.78, 5) is 21.1. The zero-order valence-electron chi connectivity index (χ0n) is 6.78. The van der Waals surface area contributed by atoms with Crippen molar-refractivity contribution in [2.75, 3.05) is 0 Å². The average Bonchev–Trinajstić information content (AvgIpc) is 2.34.